The summed E-state index contributed by atoms with van der Waals surface area (Å²) in [5.74, 6) is 1.01. The summed E-state index contributed by atoms with van der Waals surface area (Å²) in [4.78, 5) is 14.8. The Morgan fingerprint density at radius 2 is 1.93 bits per heavy atom. The predicted molar refractivity (Wildman–Crippen MR) is 111 cm³/mol. The molecule has 156 valence electrons. The highest BCUT2D eigenvalue weighted by Crippen LogP contribution is 2.33. The van der Waals surface area contributed by atoms with Crippen LogP contribution in [-0.2, 0) is 11.2 Å². The van der Waals surface area contributed by atoms with Gasteiger partial charge >= 0.3 is 0 Å². The Kier molecular flexibility index (Phi) is 6.42. The second-order valence-electron chi connectivity index (χ2n) is 7.59. The van der Waals surface area contributed by atoms with Gasteiger partial charge in [0, 0.05) is 12.6 Å². The standard InChI is InChI=1S/C23H29FN2O3/c1-14-10-21(28-4)22(29-5)12-19(14)15(2)25-23(27)13-26-9-8-17-6-7-18(24)11-20(17)16(26)3/h6-7,10-12,15-16H,8-9,13H2,1-5H3,(H,25,27). The molecule has 1 aliphatic rings. The maximum Gasteiger partial charge on any atom is 0.234 e. The lowest BCUT2D eigenvalue weighted by molar-refractivity contribution is -0.123. The van der Waals surface area contributed by atoms with Gasteiger partial charge in [0.1, 0.15) is 5.82 Å². The number of amides is 1. The summed E-state index contributed by atoms with van der Waals surface area (Å²) in [5.41, 5.74) is 4.12. The van der Waals surface area contributed by atoms with Crippen LogP contribution in [0.3, 0.4) is 0 Å². The van der Waals surface area contributed by atoms with Crippen LogP contribution in [0.5, 0.6) is 11.5 Å². The van der Waals surface area contributed by atoms with E-state index in [1.807, 2.05) is 39.0 Å². The summed E-state index contributed by atoms with van der Waals surface area (Å²) in [6.45, 7) is 7.01. The van der Waals surface area contributed by atoms with Gasteiger partial charge in [-0.2, -0.15) is 0 Å². The fourth-order valence-corrected chi connectivity index (χ4v) is 4.06. The van der Waals surface area contributed by atoms with Gasteiger partial charge in [0.05, 0.1) is 26.8 Å². The molecule has 2 aromatic carbocycles. The molecule has 5 nitrogen and oxygen atoms in total. The highest BCUT2D eigenvalue weighted by atomic mass is 19.1. The van der Waals surface area contributed by atoms with Crippen LogP contribution >= 0.6 is 0 Å². The van der Waals surface area contributed by atoms with Crippen LogP contribution < -0.4 is 14.8 Å². The van der Waals surface area contributed by atoms with E-state index in [1.165, 1.54) is 6.07 Å². The van der Waals surface area contributed by atoms with Gasteiger partial charge in [0.25, 0.3) is 0 Å². The molecule has 0 saturated carbocycles. The van der Waals surface area contributed by atoms with E-state index < -0.39 is 0 Å². The molecule has 29 heavy (non-hydrogen) atoms. The Morgan fingerprint density at radius 3 is 2.62 bits per heavy atom. The van der Waals surface area contributed by atoms with Crippen molar-refractivity contribution in [1.29, 1.82) is 0 Å². The van der Waals surface area contributed by atoms with E-state index in [4.69, 9.17) is 9.47 Å². The Balaban J connectivity index is 1.68. The second kappa shape index (κ2) is 8.82. The van der Waals surface area contributed by atoms with E-state index in [-0.39, 0.29) is 30.4 Å². The molecule has 0 radical (unpaired) electrons. The molecule has 6 heteroatoms. The van der Waals surface area contributed by atoms with E-state index in [9.17, 15) is 9.18 Å². The topological polar surface area (TPSA) is 50.8 Å². The fraction of sp³-hybridized carbons (Fsp3) is 0.435. The number of benzene rings is 2. The third kappa shape index (κ3) is 4.53. The van der Waals surface area contributed by atoms with Crippen molar-refractivity contribution >= 4 is 5.91 Å². The highest BCUT2D eigenvalue weighted by molar-refractivity contribution is 5.78. The summed E-state index contributed by atoms with van der Waals surface area (Å²) >= 11 is 0. The number of fused-ring (bicyclic) bond motifs is 1. The number of rotatable bonds is 6. The largest absolute Gasteiger partial charge is 0.493 e. The van der Waals surface area contributed by atoms with Crippen molar-refractivity contribution in [3.05, 3.63) is 58.4 Å². The monoisotopic (exact) mass is 400 g/mol. The van der Waals surface area contributed by atoms with Crippen LogP contribution in [0.4, 0.5) is 4.39 Å². The van der Waals surface area contributed by atoms with E-state index in [0.29, 0.717) is 11.5 Å². The minimum Gasteiger partial charge on any atom is -0.493 e. The Labute approximate surface area is 171 Å². The summed E-state index contributed by atoms with van der Waals surface area (Å²) < 4.78 is 24.4. The molecule has 0 aliphatic carbocycles. The molecule has 0 spiro atoms. The zero-order valence-corrected chi connectivity index (χ0v) is 17.7. The summed E-state index contributed by atoms with van der Waals surface area (Å²) in [7, 11) is 3.20. The molecule has 0 aromatic heterocycles. The molecule has 2 aromatic rings. The number of halogens is 1. The van der Waals surface area contributed by atoms with E-state index in [2.05, 4.69) is 10.2 Å². The molecule has 1 amide bonds. The van der Waals surface area contributed by atoms with Crippen LogP contribution in [0.2, 0.25) is 0 Å². The smallest absolute Gasteiger partial charge is 0.234 e. The van der Waals surface area contributed by atoms with Crippen LogP contribution in [-0.4, -0.2) is 38.1 Å². The molecule has 2 atom stereocenters. The maximum absolute atomic E-state index is 13.7. The Hall–Kier alpha value is -2.60. The number of ether oxygens (including phenoxy) is 2. The van der Waals surface area contributed by atoms with Crippen molar-refractivity contribution in [2.24, 2.45) is 0 Å². The molecule has 1 heterocycles. The van der Waals surface area contributed by atoms with Crippen molar-refractivity contribution < 1.29 is 18.7 Å². The van der Waals surface area contributed by atoms with Gasteiger partial charge in [-0.15, -0.1) is 0 Å². The normalized spacial score (nSPS) is 17.4. The second-order valence-corrected chi connectivity index (χ2v) is 7.59. The Bertz CT molecular complexity index is 900. The van der Waals surface area contributed by atoms with Crippen molar-refractivity contribution in [3.8, 4) is 11.5 Å². The Morgan fingerprint density at radius 1 is 1.24 bits per heavy atom. The first kappa shape index (κ1) is 21.1. The van der Waals surface area contributed by atoms with Gasteiger partial charge in [-0.05, 0) is 73.7 Å². The van der Waals surface area contributed by atoms with Crippen LogP contribution in [0, 0.1) is 12.7 Å². The van der Waals surface area contributed by atoms with Crippen molar-refractivity contribution in [2.75, 3.05) is 27.3 Å². The average molecular weight is 400 g/mol. The van der Waals surface area contributed by atoms with Crippen LogP contribution in [0.1, 0.15) is 48.2 Å². The van der Waals surface area contributed by atoms with Crippen molar-refractivity contribution in [2.45, 2.75) is 39.3 Å². The minimum absolute atomic E-state index is 0.00155. The van der Waals surface area contributed by atoms with Crippen LogP contribution in [0.25, 0.3) is 0 Å². The molecule has 2 unspecified atom stereocenters. The zero-order chi connectivity index (χ0) is 21.1. The SMILES string of the molecule is COc1cc(C)c(C(C)NC(=O)CN2CCc3ccc(F)cc3C2C)cc1OC. The minimum atomic E-state index is -0.237. The van der Waals surface area contributed by atoms with Gasteiger partial charge in [-0.1, -0.05) is 6.07 Å². The summed E-state index contributed by atoms with van der Waals surface area (Å²) in [6, 6.07) is 8.57. The number of carbonyl (C=O) groups is 1. The molecular weight excluding hydrogens is 371 g/mol. The van der Waals surface area contributed by atoms with Gasteiger partial charge in [0.15, 0.2) is 11.5 Å². The van der Waals surface area contributed by atoms with Gasteiger partial charge in [0.2, 0.25) is 5.91 Å². The molecule has 0 bridgehead atoms. The predicted octanol–water partition coefficient (Wildman–Crippen LogP) is 3.95. The first-order valence-electron chi connectivity index (χ1n) is 9.88. The molecule has 1 aliphatic heterocycles. The summed E-state index contributed by atoms with van der Waals surface area (Å²) in [5, 5.41) is 3.08. The number of hydrogen-bond acceptors (Lipinski definition) is 4. The van der Waals surface area contributed by atoms with Crippen molar-refractivity contribution in [1.82, 2.24) is 10.2 Å². The van der Waals surface area contributed by atoms with Gasteiger partial charge in [-0.25, -0.2) is 4.39 Å². The summed E-state index contributed by atoms with van der Waals surface area (Å²) in [6.07, 6.45) is 0.817. The van der Waals surface area contributed by atoms with Crippen molar-refractivity contribution in [3.63, 3.8) is 0 Å². The first-order chi connectivity index (χ1) is 13.8. The fourth-order valence-electron chi connectivity index (χ4n) is 4.06. The molecule has 3 rings (SSSR count). The number of nitrogens with one attached hydrogen (secondary N) is 1. The lowest BCUT2D eigenvalue weighted by Crippen LogP contribution is -2.42. The highest BCUT2D eigenvalue weighted by Gasteiger charge is 2.26. The average Bonchev–Trinajstić information content (AvgIpc) is 2.70. The van der Waals surface area contributed by atoms with Gasteiger partial charge in [-0.3, -0.25) is 9.69 Å². The number of carbonyl (C=O) groups excluding carboxylic acids is 1. The third-order valence-electron chi connectivity index (χ3n) is 5.74. The number of aryl methyl sites for hydroxylation is 1. The number of methoxy groups -OCH3 is 2. The quantitative estimate of drug-likeness (QED) is 0.798. The number of hydrogen-bond donors (Lipinski definition) is 1. The molecule has 1 N–H and O–H groups in total. The van der Waals surface area contributed by atoms with E-state index >= 15 is 0 Å². The lowest BCUT2D eigenvalue weighted by atomic mass is 9.93. The van der Waals surface area contributed by atoms with Gasteiger partial charge < -0.3 is 14.8 Å². The van der Waals surface area contributed by atoms with E-state index in [1.54, 1.807) is 20.3 Å². The first-order valence-corrected chi connectivity index (χ1v) is 9.88. The lowest BCUT2D eigenvalue weighted by Gasteiger charge is -2.35. The zero-order valence-electron chi connectivity index (χ0n) is 17.7. The van der Waals surface area contributed by atoms with E-state index in [0.717, 1.165) is 35.2 Å². The molecule has 0 fully saturated rings. The maximum atomic E-state index is 13.7. The molecular formula is C23H29FN2O3. The molecule has 0 saturated heterocycles. The van der Waals surface area contributed by atoms with Crippen LogP contribution in [0.15, 0.2) is 30.3 Å². The number of nitrogens with zero attached hydrogens (tertiary/aromatic N) is 1. The third-order valence-corrected chi connectivity index (χ3v) is 5.74.